The molecule has 1 aliphatic heterocycles. The normalized spacial score (nSPS) is 19.2. The second-order valence-electron chi connectivity index (χ2n) is 8.26. The van der Waals surface area contributed by atoms with Crippen molar-refractivity contribution >= 4 is 35.1 Å². The summed E-state index contributed by atoms with van der Waals surface area (Å²) in [5, 5.41) is 14.5. The number of carboxylic acids is 1. The third kappa shape index (κ3) is 4.49. The molecule has 4 rings (SSSR count). The van der Waals surface area contributed by atoms with Crippen molar-refractivity contribution < 1.29 is 29.0 Å². The molecule has 1 saturated carbocycles. The van der Waals surface area contributed by atoms with Crippen LogP contribution in [0.1, 0.15) is 59.2 Å². The summed E-state index contributed by atoms with van der Waals surface area (Å²) < 4.78 is 5.60. The maximum atomic E-state index is 12.9. The standard InChI is InChI=1S/C24H24N2O6/c27-20-14-19(24(32-20)12-2-1-3-13-24)22(29)26-18-8-4-15(5-9-18)21(28)25-17-10-6-16(7-11-17)23(30)31/h4-11,19H,1-3,12-14H2,(H,25,28)(H,26,29)(H,30,31). The molecule has 2 aromatic rings. The van der Waals surface area contributed by atoms with E-state index in [1.165, 1.54) is 24.3 Å². The minimum atomic E-state index is -1.04. The topological polar surface area (TPSA) is 122 Å². The fourth-order valence-electron chi connectivity index (χ4n) is 4.46. The highest BCUT2D eigenvalue weighted by Gasteiger charge is 2.52. The fourth-order valence-corrected chi connectivity index (χ4v) is 4.46. The average Bonchev–Trinajstić information content (AvgIpc) is 3.10. The molecule has 1 heterocycles. The van der Waals surface area contributed by atoms with Gasteiger partial charge in [0.25, 0.3) is 5.91 Å². The lowest BCUT2D eigenvalue weighted by Crippen LogP contribution is -2.43. The van der Waals surface area contributed by atoms with Gasteiger partial charge in [-0.2, -0.15) is 0 Å². The van der Waals surface area contributed by atoms with E-state index in [0.717, 1.165) is 19.3 Å². The minimum Gasteiger partial charge on any atom is -0.478 e. The zero-order valence-electron chi connectivity index (χ0n) is 17.4. The first-order chi connectivity index (χ1) is 15.4. The molecular formula is C24H24N2O6. The Morgan fingerprint density at radius 1 is 0.844 bits per heavy atom. The van der Waals surface area contributed by atoms with Crippen molar-refractivity contribution in [1.82, 2.24) is 0 Å². The van der Waals surface area contributed by atoms with Gasteiger partial charge in [0, 0.05) is 16.9 Å². The van der Waals surface area contributed by atoms with Crippen LogP contribution in [0.25, 0.3) is 0 Å². The molecule has 1 unspecified atom stereocenters. The number of hydrogen-bond acceptors (Lipinski definition) is 5. The van der Waals surface area contributed by atoms with Crippen LogP contribution in [-0.4, -0.2) is 34.5 Å². The van der Waals surface area contributed by atoms with Crippen molar-refractivity contribution in [3.05, 3.63) is 59.7 Å². The molecule has 8 heteroatoms. The van der Waals surface area contributed by atoms with Gasteiger partial charge >= 0.3 is 11.9 Å². The van der Waals surface area contributed by atoms with Crippen molar-refractivity contribution in [2.75, 3.05) is 10.6 Å². The highest BCUT2D eigenvalue weighted by atomic mass is 16.6. The average molecular weight is 436 g/mol. The Kier molecular flexibility index (Phi) is 5.94. The molecule has 1 atom stereocenters. The number of ether oxygens (including phenoxy) is 1. The van der Waals surface area contributed by atoms with E-state index in [2.05, 4.69) is 10.6 Å². The lowest BCUT2D eigenvalue weighted by molar-refractivity contribution is -0.153. The molecule has 32 heavy (non-hydrogen) atoms. The van der Waals surface area contributed by atoms with Gasteiger partial charge in [0.2, 0.25) is 5.91 Å². The number of carboxylic acid groups (broad SMARTS) is 1. The van der Waals surface area contributed by atoms with Crippen molar-refractivity contribution in [2.45, 2.75) is 44.1 Å². The summed E-state index contributed by atoms with van der Waals surface area (Å²) in [6, 6.07) is 12.3. The smallest absolute Gasteiger partial charge is 0.335 e. The summed E-state index contributed by atoms with van der Waals surface area (Å²) in [6.45, 7) is 0. The number of benzene rings is 2. The van der Waals surface area contributed by atoms with E-state index in [0.29, 0.717) is 29.8 Å². The first-order valence-corrected chi connectivity index (χ1v) is 10.6. The van der Waals surface area contributed by atoms with E-state index in [4.69, 9.17) is 9.84 Å². The number of aromatic carboxylic acids is 1. The van der Waals surface area contributed by atoms with E-state index in [9.17, 15) is 19.2 Å². The van der Waals surface area contributed by atoms with Gasteiger partial charge in [-0.25, -0.2) is 4.79 Å². The first kappa shape index (κ1) is 21.5. The number of rotatable bonds is 5. The van der Waals surface area contributed by atoms with Gasteiger partial charge in [0.15, 0.2) is 0 Å². The Balaban J connectivity index is 1.39. The number of nitrogens with one attached hydrogen (secondary N) is 2. The van der Waals surface area contributed by atoms with Crippen molar-refractivity contribution in [3.63, 3.8) is 0 Å². The molecule has 0 aromatic heterocycles. The van der Waals surface area contributed by atoms with Crippen LogP contribution in [0.5, 0.6) is 0 Å². The van der Waals surface area contributed by atoms with Crippen LogP contribution in [-0.2, 0) is 14.3 Å². The van der Waals surface area contributed by atoms with E-state index >= 15 is 0 Å². The quantitative estimate of drug-likeness (QED) is 0.612. The Bertz CT molecular complexity index is 1040. The molecule has 2 fully saturated rings. The van der Waals surface area contributed by atoms with Crippen LogP contribution in [0.3, 0.4) is 0 Å². The highest BCUT2D eigenvalue weighted by molar-refractivity contribution is 6.05. The molecule has 2 amide bonds. The van der Waals surface area contributed by atoms with Crippen LogP contribution >= 0.6 is 0 Å². The minimum absolute atomic E-state index is 0.0903. The number of carbonyl (C=O) groups is 4. The second-order valence-corrected chi connectivity index (χ2v) is 8.26. The summed E-state index contributed by atoms with van der Waals surface area (Å²) in [4.78, 5) is 48.2. The molecule has 1 saturated heterocycles. The van der Waals surface area contributed by atoms with Crippen LogP contribution in [0.15, 0.2) is 48.5 Å². The van der Waals surface area contributed by atoms with Crippen LogP contribution in [0.2, 0.25) is 0 Å². The lowest BCUT2D eigenvalue weighted by atomic mass is 9.75. The maximum Gasteiger partial charge on any atom is 0.335 e. The summed E-state index contributed by atoms with van der Waals surface area (Å²) in [5.41, 5.74) is 0.833. The van der Waals surface area contributed by atoms with Gasteiger partial charge in [0.1, 0.15) is 5.60 Å². The SMILES string of the molecule is O=C1CC(C(=O)Nc2ccc(C(=O)Nc3ccc(C(=O)O)cc3)cc2)C2(CCCCC2)O1. The molecule has 2 aliphatic rings. The van der Waals surface area contributed by atoms with Crippen molar-refractivity contribution in [1.29, 1.82) is 0 Å². The van der Waals surface area contributed by atoms with E-state index in [1.54, 1.807) is 24.3 Å². The number of esters is 1. The van der Waals surface area contributed by atoms with Gasteiger partial charge < -0.3 is 20.5 Å². The Hall–Kier alpha value is -3.68. The zero-order chi connectivity index (χ0) is 22.7. The molecule has 0 bridgehead atoms. The third-order valence-corrected chi connectivity index (χ3v) is 6.14. The molecule has 1 aliphatic carbocycles. The summed E-state index contributed by atoms with van der Waals surface area (Å²) in [6.07, 6.45) is 4.49. The van der Waals surface area contributed by atoms with Crippen LogP contribution in [0, 0.1) is 5.92 Å². The molecule has 1 spiro atoms. The van der Waals surface area contributed by atoms with Gasteiger partial charge in [-0.15, -0.1) is 0 Å². The molecule has 166 valence electrons. The number of amides is 2. The lowest BCUT2D eigenvalue weighted by Gasteiger charge is -2.36. The summed E-state index contributed by atoms with van der Waals surface area (Å²) in [5.74, 6) is -2.47. The number of carbonyl (C=O) groups excluding carboxylic acids is 3. The predicted octanol–water partition coefficient (Wildman–Crippen LogP) is 3.84. The second kappa shape index (κ2) is 8.82. The fraction of sp³-hybridized carbons (Fsp3) is 0.333. The van der Waals surface area contributed by atoms with Gasteiger partial charge in [0.05, 0.1) is 17.9 Å². The van der Waals surface area contributed by atoms with Gasteiger partial charge in [-0.1, -0.05) is 6.42 Å². The largest absolute Gasteiger partial charge is 0.478 e. The van der Waals surface area contributed by atoms with Crippen molar-refractivity contribution in [3.8, 4) is 0 Å². The van der Waals surface area contributed by atoms with Crippen molar-refractivity contribution in [2.24, 2.45) is 5.92 Å². The maximum absolute atomic E-state index is 12.9. The Labute approximate surface area is 185 Å². The van der Waals surface area contributed by atoms with Crippen LogP contribution < -0.4 is 10.6 Å². The van der Waals surface area contributed by atoms with E-state index < -0.39 is 17.5 Å². The molecule has 3 N–H and O–H groups in total. The Morgan fingerprint density at radius 2 is 1.41 bits per heavy atom. The zero-order valence-corrected chi connectivity index (χ0v) is 17.4. The molecule has 8 nitrogen and oxygen atoms in total. The molecule has 0 radical (unpaired) electrons. The summed E-state index contributed by atoms with van der Waals surface area (Å²) in [7, 11) is 0. The van der Waals surface area contributed by atoms with E-state index in [1.807, 2.05) is 0 Å². The number of anilines is 2. The molecule has 2 aromatic carbocycles. The first-order valence-electron chi connectivity index (χ1n) is 10.6. The van der Waals surface area contributed by atoms with E-state index in [-0.39, 0.29) is 29.8 Å². The Morgan fingerprint density at radius 3 is 2.00 bits per heavy atom. The monoisotopic (exact) mass is 436 g/mol. The third-order valence-electron chi connectivity index (χ3n) is 6.14. The predicted molar refractivity (Wildman–Crippen MR) is 116 cm³/mol. The van der Waals surface area contributed by atoms with Gasteiger partial charge in [-0.3, -0.25) is 14.4 Å². The van der Waals surface area contributed by atoms with Gasteiger partial charge in [-0.05, 0) is 74.2 Å². The molecular weight excluding hydrogens is 412 g/mol. The van der Waals surface area contributed by atoms with Crippen LogP contribution in [0.4, 0.5) is 11.4 Å². The highest BCUT2D eigenvalue weighted by Crippen LogP contribution is 2.44. The number of hydrogen-bond donors (Lipinski definition) is 3. The summed E-state index contributed by atoms with van der Waals surface area (Å²) >= 11 is 0.